The number of tetrazole rings is 1. The molecule has 0 fully saturated rings. The highest BCUT2D eigenvalue weighted by atomic mass is 16.5. The second-order valence-corrected chi connectivity index (χ2v) is 4.00. The fraction of sp³-hybridized carbons (Fsp3) is 0.364. The van der Waals surface area contributed by atoms with Gasteiger partial charge in [0.1, 0.15) is 5.75 Å². The number of nitrogens with zero attached hydrogens (tertiary/aromatic N) is 4. The van der Waals surface area contributed by atoms with E-state index in [1.807, 2.05) is 26.0 Å². The van der Waals surface area contributed by atoms with Crippen molar-refractivity contribution in [2.24, 2.45) is 0 Å². The number of aromatic nitrogens is 4. The predicted octanol–water partition coefficient (Wildman–Crippen LogP) is 1.51. The molecule has 0 radical (unpaired) electrons. The van der Waals surface area contributed by atoms with Crippen molar-refractivity contribution in [3.05, 3.63) is 18.2 Å². The number of methoxy groups -OCH3 is 1. The first-order valence-electron chi connectivity index (χ1n) is 5.35. The number of ether oxygens (including phenoxy) is 1. The summed E-state index contributed by atoms with van der Waals surface area (Å²) < 4.78 is 7.03. The molecule has 1 aromatic heterocycles. The summed E-state index contributed by atoms with van der Waals surface area (Å²) in [6.45, 7) is 4.03. The molecule has 2 rings (SSSR count). The van der Waals surface area contributed by atoms with Crippen LogP contribution in [0.15, 0.2) is 18.2 Å². The largest absolute Gasteiger partial charge is 0.496 e. The monoisotopic (exact) mass is 233 g/mol. The van der Waals surface area contributed by atoms with Gasteiger partial charge in [-0.1, -0.05) is 0 Å². The summed E-state index contributed by atoms with van der Waals surface area (Å²) in [5.74, 6) is 1.36. The molecular weight excluding hydrogens is 218 g/mol. The number of anilines is 1. The third kappa shape index (κ3) is 2.06. The van der Waals surface area contributed by atoms with Crippen molar-refractivity contribution in [3.8, 4) is 17.1 Å². The van der Waals surface area contributed by atoms with Crippen LogP contribution in [0.1, 0.15) is 19.9 Å². The van der Waals surface area contributed by atoms with E-state index in [0.717, 1.165) is 5.56 Å². The minimum atomic E-state index is 0.172. The summed E-state index contributed by atoms with van der Waals surface area (Å²) in [5.41, 5.74) is 7.23. The van der Waals surface area contributed by atoms with Crippen molar-refractivity contribution in [3.63, 3.8) is 0 Å². The lowest BCUT2D eigenvalue weighted by Crippen LogP contribution is -2.06. The number of nitrogen functional groups attached to an aromatic ring is 1. The minimum absolute atomic E-state index is 0.172. The second-order valence-electron chi connectivity index (χ2n) is 4.00. The molecule has 6 heteroatoms. The summed E-state index contributed by atoms with van der Waals surface area (Å²) in [5, 5.41) is 11.7. The van der Waals surface area contributed by atoms with E-state index in [-0.39, 0.29) is 6.04 Å². The van der Waals surface area contributed by atoms with Crippen molar-refractivity contribution >= 4 is 5.69 Å². The molecule has 0 bridgehead atoms. The molecular formula is C11H15N5O. The highest BCUT2D eigenvalue weighted by Gasteiger charge is 2.15. The van der Waals surface area contributed by atoms with Gasteiger partial charge in [0.25, 0.3) is 0 Å². The molecule has 0 unspecified atom stereocenters. The smallest absolute Gasteiger partial charge is 0.186 e. The van der Waals surface area contributed by atoms with Crippen LogP contribution in [0, 0.1) is 0 Å². The van der Waals surface area contributed by atoms with Gasteiger partial charge in [0, 0.05) is 5.69 Å². The summed E-state index contributed by atoms with van der Waals surface area (Å²) in [7, 11) is 1.61. The Hall–Kier alpha value is -2.11. The lowest BCUT2D eigenvalue weighted by molar-refractivity contribution is 0.415. The molecule has 0 aliphatic carbocycles. The van der Waals surface area contributed by atoms with Gasteiger partial charge < -0.3 is 10.5 Å². The third-order valence-corrected chi connectivity index (χ3v) is 2.45. The number of nitrogens with two attached hydrogens (primary N) is 1. The van der Waals surface area contributed by atoms with Crippen LogP contribution in [0.25, 0.3) is 11.4 Å². The van der Waals surface area contributed by atoms with Crippen molar-refractivity contribution in [2.45, 2.75) is 19.9 Å². The Labute approximate surface area is 99.4 Å². The van der Waals surface area contributed by atoms with E-state index in [0.29, 0.717) is 17.3 Å². The third-order valence-electron chi connectivity index (χ3n) is 2.45. The van der Waals surface area contributed by atoms with Crippen LogP contribution in [0.3, 0.4) is 0 Å². The highest BCUT2D eigenvalue weighted by molar-refractivity contribution is 5.68. The molecule has 6 nitrogen and oxygen atoms in total. The van der Waals surface area contributed by atoms with E-state index in [4.69, 9.17) is 10.5 Å². The van der Waals surface area contributed by atoms with Gasteiger partial charge in [-0.15, -0.1) is 5.10 Å². The Bertz CT molecular complexity index is 520. The number of benzene rings is 1. The lowest BCUT2D eigenvalue weighted by Gasteiger charge is -2.11. The van der Waals surface area contributed by atoms with Crippen LogP contribution >= 0.6 is 0 Å². The Kier molecular flexibility index (Phi) is 2.95. The standard InChI is InChI=1S/C11H15N5O/c1-7(2)16-11(13-14-15-16)9-6-8(12)4-5-10(9)17-3/h4-7H,12H2,1-3H3. The fourth-order valence-corrected chi connectivity index (χ4v) is 1.62. The molecule has 0 aliphatic rings. The van der Waals surface area contributed by atoms with Crippen molar-refractivity contribution in [1.82, 2.24) is 20.2 Å². The SMILES string of the molecule is COc1ccc(N)cc1-c1nnnn1C(C)C. The van der Waals surface area contributed by atoms with Crippen LogP contribution in [0.2, 0.25) is 0 Å². The molecule has 0 saturated carbocycles. The lowest BCUT2D eigenvalue weighted by atomic mass is 10.1. The first-order valence-corrected chi connectivity index (χ1v) is 5.35. The average Bonchev–Trinajstić information content (AvgIpc) is 2.77. The molecule has 2 N–H and O–H groups in total. The maximum Gasteiger partial charge on any atom is 0.186 e. The minimum Gasteiger partial charge on any atom is -0.496 e. The van der Waals surface area contributed by atoms with Gasteiger partial charge in [-0.2, -0.15) is 0 Å². The summed E-state index contributed by atoms with van der Waals surface area (Å²) in [6.07, 6.45) is 0. The Morgan fingerprint density at radius 2 is 2.12 bits per heavy atom. The van der Waals surface area contributed by atoms with Gasteiger partial charge in [0.15, 0.2) is 5.82 Å². The molecule has 0 amide bonds. The van der Waals surface area contributed by atoms with E-state index in [9.17, 15) is 0 Å². The molecule has 1 aromatic carbocycles. The normalized spacial score (nSPS) is 10.8. The van der Waals surface area contributed by atoms with Crippen molar-refractivity contribution < 1.29 is 4.74 Å². The number of hydrogen-bond acceptors (Lipinski definition) is 5. The Morgan fingerprint density at radius 3 is 2.76 bits per heavy atom. The average molecular weight is 233 g/mol. The molecule has 0 saturated heterocycles. The maximum absolute atomic E-state index is 5.78. The zero-order valence-electron chi connectivity index (χ0n) is 10.1. The van der Waals surface area contributed by atoms with E-state index >= 15 is 0 Å². The predicted molar refractivity (Wildman–Crippen MR) is 64.6 cm³/mol. The van der Waals surface area contributed by atoms with Crippen LogP contribution < -0.4 is 10.5 Å². The Balaban J connectivity index is 2.59. The topological polar surface area (TPSA) is 78.8 Å². The van der Waals surface area contributed by atoms with Crippen LogP contribution in [0.5, 0.6) is 5.75 Å². The quantitative estimate of drug-likeness (QED) is 0.813. The summed E-state index contributed by atoms with van der Waals surface area (Å²) >= 11 is 0. The Morgan fingerprint density at radius 1 is 1.35 bits per heavy atom. The molecule has 17 heavy (non-hydrogen) atoms. The first kappa shape index (κ1) is 11.4. The van der Waals surface area contributed by atoms with E-state index in [1.165, 1.54) is 0 Å². The van der Waals surface area contributed by atoms with Crippen LogP contribution in [-0.4, -0.2) is 27.3 Å². The fourth-order valence-electron chi connectivity index (χ4n) is 1.62. The van der Waals surface area contributed by atoms with Gasteiger partial charge in [-0.05, 0) is 42.5 Å². The summed E-state index contributed by atoms with van der Waals surface area (Å²) in [4.78, 5) is 0. The van der Waals surface area contributed by atoms with E-state index < -0.39 is 0 Å². The van der Waals surface area contributed by atoms with Gasteiger partial charge in [-0.3, -0.25) is 0 Å². The van der Waals surface area contributed by atoms with Gasteiger partial charge >= 0.3 is 0 Å². The molecule has 2 aromatic rings. The van der Waals surface area contributed by atoms with E-state index in [2.05, 4.69) is 15.5 Å². The first-order chi connectivity index (χ1) is 8.13. The van der Waals surface area contributed by atoms with Gasteiger partial charge in [0.2, 0.25) is 0 Å². The molecule has 1 heterocycles. The number of hydrogen-bond donors (Lipinski definition) is 1. The van der Waals surface area contributed by atoms with Crippen LogP contribution in [0.4, 0.5) is 5.69 Å². The molecule has 90 valence electrons. The van der Waals surface area contributed by atoms with Gasteiger partial charge in [-0.25, -0.2) is 4.68 Å². The van der Waals surface area contributed by atoms with Crippen molar-refractivity contribution in [2.75, 3.05) is 12.8 Å². The van der Waals surface area contributed by atoms with Crippen molar-refractivity contribution in [1.29, 1.82) is 0 Å². The molecule has 0 aliphatic heterocycles. The van der Waals surface area contributed by atoms with Crippen LogP contribution in [-0.2, 0) is 0 Å². The highest BCUT2D eigenvalue weighted by Crippen LogP contribution is 2.30. The summed E-state index contributed by atoms with van der Waals surface area (Å²) in [6, 6.07) is 5.57. The zero-order valence-corrected chi connectivity index (χ0v) is 10.1. The number of rotatable bonds is 3. The maximum atomic E-state index is 5.78. The zero-order chi connectivity index (χ0) is 12.4. The molecule has 0 atom stereocenters. The second kappa shape index (κ2) is 4.40. The molecule has 0 spiro atoms. The van der Waals surface area contributed by atoms with Gasteiger partial charge in [0.05, 0.1) is 18.7 Å². The van der Waals surface area contributed by atoms with E-state index in [1.54, 1.807) is 17.9 Å².